The number of aliphatic hydroxyl groups is 1. The number of ether oxygens (including phenoxy) is 2. The molecule has 3 fully saturated rings. The minimum absolute atomic E-state index is 0.0102. The zero-order valence-electron chi connectivity index (χ0n) is 24.5. The summed E-state index contributed by atoms with van der Waals surface area (Å²) in [7, 11) is 0. The van der Waals surface area contributed by atoms with Crippen molar-refractivity contribution in [3.8, 4) is 11.5 Å². The van der Waals surface area contributed by atoms with Gasteiger partial charge in [-0.2, -0.15) is 0 Å². The van der Waals surface area contributed by atoms with Crippen LogP contribution < -0.4 is 9.47 Å². The number of esters is 1. The molecule has 5 aliphatic rings. The number of fused-ring (bicyclic) bond motifs is 1. The number of likely N-dealkylation sites (tertiary alicyclic amines) is 1. The van der Waals surface area contributed by atoms with Gasteiger partial charge in [0.05, 0.1) is 26.4 Å². The predicted octanol–water partition coefficient (Wildman–Crippen LogP) is 5.17. The Bertz CT molecular complexity index is 1690. The first kappa shape index (κ1) is 27.7. The average molecular weight is 622 g/mol. The van der Waals surface area contributed by atoms with Gasteiger partial charge in [-0.05, 0) is 89.1 Å². The maximum atomic E-state index is 13.8. The summed E-state index contributed by atoms with van der Waals surface area (Å²) in [5, 5.41) is 22.8. The number of carboxylic acids is 1. The molecule has 2 saturated carbocycles. The van der Waals surface area contributed by atoms with Gasteiger partial charge in [0.2, 0.25) is 0 Å². The lowest BCUT2D eigenvalue weighted by atomic mass is 9.49. The molecule has 226 valence electrons. The van der Waals surface area contributed by atoms with E-state index in [2.05, 4.69) is 4.90 Å². The van der Waals surface area contributed by atoms with Crippen LogP contribution in [0.1, 0.15) is 79.7 Å². The van der Waals surface area contributed by atoms with E-state index in [-0.39, 0.29) is 18.2 Å². The Morgan fingerprint density at radius 2 is 2.00 bits per heavy atom. The third-order valence-corrected chi connectivity index (χ3v) is 13.8. The van der Waals surface area contributed by atoms with Crippen molar-refractivity contribution in [2.75, 3.05) is 13.1 Å². The molecule has 3 aliphatic carbocycles. The number of ketones is 1. The fourth-order valence-corrected chi connectivity index (χ4v) is 10.8. The number of hydrogen-bond acceptors (Lipinski definition) is 9. The van der Waals surface area contributed by atoms with E-state index in [1.54, 1.807) is 13.0 Å². The number of thiophene rings is 2. The monoisotopic (exact) mass is 621 g/mol. The molecule has 3 aromatic rings. The Kier molecular flexibility index (Phi) is 5.89. The number of aliphatic carboxylic acids is 1. The first-order chi connectivity index (χ1) is 20.4. The Morgan fingerprint density at radius 3 is 2.72 bits per heavy atom. The summed E-state index contributed by atoms with van der Waals surface area (Å²) < 4.78 is 13.6. The van der Waals surface area contributed by atoms with Gasteiger partial charge >= 0.3 is 11.9 Å². The molecule has 1 spiro atoms. The number of hydrogen-bond donors (Lipinski definition) is 2. The van der Waals surface area contributed by atoms with E-state index in [1.165, 1.54) is 35.5 Å². The number of carbonyl (C=O) groups excluding carboxylic acids is 2. The fraction of sp³-hybridized carbons (Fsp3) is 0.545. The number of rotatable bonds is 7. The summed E-state index contributed by atoms with van der Waals surface area (Å²) in [6.45, 7) is 7.13. The molecule has 1 unspecified atom stereocenters. The molecule has 43 heavy (non-hydrogen) atoms. The smallest absolute Gasteiger partial charge is 0.322 e. The van der Waals surface area contributed by atoms with Crippen molar-refractivity contribution in [2.45, 2.75) is 93.8 Å². The van der Waals surface area contributed by atoms with Gasteiger partial charge in [-0.1, -0.05) is 6.07 Å². The Labute approximate surface area is 257 Å². The van der Waals surface area contributed by atoms with Crippen LogP contribution in [0.25, 0.3) is 9.40 Å². The second-order valence-electron chi connectivity index (χ2n) is 13.8. The first-order valence-corrected chi connectivity index (χ1v) is 16.9. The van der Waals surface area contributed by atoms with E-state index < -0.39 is 40.4 Å². The predicted molar refractivity (Wildman–Crippen MR) is 163 cm³/mol. The number of Topliss-reactive ketones (excluding diaryl/α,β-unsaturated/α-hetero) is 1. The second-order valence-corrected chi connectivity index (χ2v) is 16.2. The molecule has 4 heterocycles. The molecular formula is C33H35NO7S2. The van der Waals surface area contributed by atoms with Crippen molar-refractivity contribution < 1.29 is 34.1 Å². The van der Waals surface area contributed by atoms with Crippen LogP contribution in [-0.2, 0) is 31.6 Å². The van der Waals surface area contributed by atoms with Gasteiger partial charge in [0.15, 0.2) is 23.4 Å². The van der Waals surface area contributed by atoms with E-state index in [9.17, 15) is 24.6 Å². The summed E-state index contributed by atoms with van der Waals surface area (Å²) in [5.74, 6) is -0.443. The maximum absolute atomic E-state index is 13.8. The van der Waals surface area contributed by atoms with Crippen LogP contribution in [0, 0.1) is 5.92 Å². The molecule has 8 nitrogen and oxygen atoms in total. The van der Waals surface area contributed by atoms with Crippen molar-refractivity contribution >= 4 is 49.8 Å². The second kappa shape index (κ2) is 9.12. The molecular weight excluding hydrogens is 586 g/mol. The number of benzene rings is 1. The van der Waals surface area contributed by atoms with Gasteiger partial charge in [0.1, 0.15) is 0 Å². The van der Waals surface area contributed by atoms with E-state index in [1.807, 2.05) is 32.0 Å². The standard InChI is InChI=1S/C33H35NO7S2/c1-16(28(36)37)22-12-19-14-24(43-29(19)42-22)31(2,3)30(38)40-21-7-6-18-13-23-33(39)9-8-20(35)27-32(33,25(18)26(21)41-27)10-11-34(23)15-17-4-5-17/h6-7,12,14,16-17,23,27,39H,4-5,8-11,13,15H2,1-3H3,(H,36,37)/t16?,23-,27+,32+,33-/m1/s1. The van der Waals surface area contributed by atoms with Gasteiger partial charge in [-0.3, -0.25) is 19.3 Å². The van der Waals surface area contributed by atoms with Crippen LogP contribution in [0.15, 0.2) is 24.3 Å². The van der Waals surface area contributed by atoms with Gasteiger partial charge in [0.25, 0.3) is 0 Å². The molecule has 1 aromatic carbocycles. The van der Waals surface area contributed by atoms with Crippen molar-refractivity contribution in [1.29, 1.82) is 0 Å². The van der Waals surface area contributed by atoms with Crippen LogP contribution in [0.2, 0.25) is 0 Å². The fourth-order valence-electron chi connectivity index (χ4n) is 8.16. The summed E-state index contributed by atoms with van der Waals surface area (Å²) in [6, 6.07) is 7.57. The quantitative estimate of drug-likeness (QED) is 0.275. The number of piperidine rings is 1. The molecule has 10 heteroatoms. The van der Waals surface area contributed by atoms with Crippen molar-refractivity contribution in [1.82, 2.24) is 4.90 Å². The van der Waals surface area contributed by atoms with Gasteiger partial charge in [-0.15, -0.1) is 22.7 Å². The topological polar surface area (TPSA) is 113 Å². The molecule has 5 atom stereocenters. The van der Waals surface area contributed by atoms with Crippen molar-refractivity contribution in [2.24, 2.45) is 5.92 Å². The highest BCUT2D eigenvalue weighted by Gasteiger charge is 2.73. The highest BCUT2D eigenvalue weighted by Crippen LogP contribution is 2.65. The summed E-state index contributed by atoms with van der Waals surface area (Å²) >= 11 is 2.92. The molecule has 2 aliphatic heterocycles. The van der Waals surface area contributed by atoms with Crippen molar-refractivity contribution in [3.05, 3.63) is 45.1 Å². The summed E-state index contributed by atoms with van der Waals surface area (Å²) in [6.07, 6.45) is 3.76. The Hall–Kier alpha value is -2.79. The summed E-state index contributed by atoms with van der Waals surface area (Å²) in [4.78, 5) is 42.7. The molecule has 2 aromatic heterocycles. The molecule has 2 N–H and O–H groups in total. The van der Waals surface area contributed by atoms with Gasteiger partial charge < -0.3 is 19.7 Å². The number of carbonyl (C=O) groups is 3. The lowest BCUT2D eigenvalue weighted by Crippen LogP contribution is -2.76. The third kappa shape index (κ3) is 3.76. The van der Waals surface area contributed by atoms with Crippen LogP contribution in [0.3, 0.4) is 0 Å². The van der Waals surface area contributed by atoms with Crippen LogP contribution in [0.4, 0.5) is 0 Å². The zero-order chi connectivity index (χ0) is 30.1. The SMILES string of the molecule is CC(C(=O)O)c1cc2cc(C(C)(C)C(=O)Oc3ccc4c5c3O[C@H]3C(=O)CC[C@@]6(O)[C@@H](C4)N(CC4CC4)CC[C@]536)sc2s1. The normalized spacial score (nSPS) is 30.2. The first-order valence-electron chi connectivity index (χ1n) is 15.2. The molecule has 2 bridgehead atoms. The molecule has 1 saturated heterocycles. The van der Waals surface area contributed by atoms with E-state index in [0.717, 1.165) is 43.4 Å². The minimum atomic E-state index is -1.07. The highest BCUT2D eigenvalue weighted by atomic mass is 32.2. The molecule has 8 rings (SSSR count). The highest BCUT2D eigenvalue weighted by molar-refractivity contribution is 7.38. The van der Waals surface area contributed by atoms with Gasteiger partial charge in [-0.25, -0.2) is 0 Å². The van der Waals surface area contributed by atoms with Crippen LogP contribution in [-0.4, -0.2) is 63.7 Å². The lowest BCUT2D eigenvalue weighted by molar-refractivity contribution is -0.188. The van der Waals surface area contributed by atoms with Crippen LogP contribution >= 0.6 is 22.7 Å². The number of carboxylic acid groups (broad SMARTS) is 1. The molecule has 0 radical (unpaired) electrons. The molecule has 0 amide bonds. The summed E-state index contributed by atoms with van der Waals surface area (Å²) in [5.41, 5.74) is -0.930. The largest absolute Gasteiger partial charge is 0.481 e. The Morgan fingerprint density at radius 1 is 1.21 bits per heavy atom. The Balaban J connectivity index is 1.13. The maximum Gasteiger partial charge on any atom is 0.322 e. The van der Waals surface area contributed by atoms with Gasteiger partial charge in [0, 0.05) is 39.7 Å². The minimum Gasteiger partial charge on any atom is -0.481 e. The van der Waals surface area contributed by atoms with Crippen LogP contribution in [0.5, 0.6) is 11.5 Å². The number of nitrogens with zero attached hydrogens (tertiary/aromatic N) is 1. The van der Waals surface area contributed by atoms with E-state index in [0.29, 0.717) is 36.7 Å². The average Bonchev–Trinajstić information content (AvgIpc) is 3.37. The zero-order valence-corrected chi connectivity index (χ0v) is 26.1. The van der Waals surface area contributed by atoms with Crippen molar-refractivity contribution in [3.63, 3.8) is 0 Å². The van der Waals surface area contributed by atoms with E-state index in [4.69, 9.17) is 9.47 Å². The lowest BCUT2D eigenvalue weighted by Gasteiger charge is -2.62. The third-order valence-electron chi connectivity index (χ3n) is 10.9. The van der Waals surface area contributed by atoms with E-state index >= 15 is 0 Å².